The second kappa shape index (κ2) is 5.19. The Morgan fingerprint density at radius 3 is 2.50 bits per heavy atom. The summed E-state index contributed by atoms with van der Waals surface area (Å²) in [7, 11) is 0. The molecule has 0 bridgehead atoms. The van der Waals surface area contributed by atoms with E-state index in [2.05, 4.69) is 53.1 Å². The second-order valence-electron chi connectivity index (χ2n) is 6.63. The molecule has 1 aromatic rings. The van der Waals surface area contributed by atoms with Gasteiger partial charge in [0.1, 0.15) is 5.82 Å². The molecule has 0 saturated carbocycles. The minimum absolute atomic E-state index is 0.0362. The van der Waals surface area contributed by atoms with Crippen molar-refractivity contribution in [3.63, 3.8) is 0 Å². The van der Waals surface area contributed by atoms with Crippen LogP contribution in [-0.2, 0) is 0 Å². The largest absolute Gasteiger partial charge is 0.376 e. The summed E-state index contributed by atoms with van der Waals surface area (Å²) in [4.78, 5) is 11.4. The zero-order valence-electron chi connectivity index (χ0n) is 12.3. The van der Waals surface area contributed by atoms with E-state index in [9.17, 15) is 0 Å². The normalized spacial score (nSPS) is 21.2. The lowest BCUT2D eigenvalue weighted by Gasteiger charge is -2.46. The van der Waals surface area contributed by atoms with Crippen molar-refractivity contribution in [2.75, 3.05) is 5.32 Å². The first-order valence-corrected chi connectivity index (χ1v) is 7.04. The molecule has 0 amide bonds. The van der Waals surface area contributed by atoms with E-state index >= 15 is 0 Å². The van der Waals surface area contributed by atoms with Crippen LogP contribution in [0, 0.1) is 6.57 Å². The van der Waals surface area contributed by atoms with Crippen molar-refractivity contribution in [1.29, 1.82) is 0 Å². The van der Waals surface area contributed by atoms with Crippen LogP contribution < -0.4 is 10.6 Å². The van der Waals surface area contributed by atoms with Gasteiger partial charge in [-0.2, -0.15) is 0 Å². The Hall–Kier alpha value is -1.38. The number of hydrogen-bond donors (Lipinski definition) is 2. The van der Waals surface area contributed by atoms with Crippen LogP contribution in [0.3, 0.4) is 0 Å². The Balaban J connectivity index is 2.22. The minimum Gasteiger partial charge on any atom is -0.376 e. The van der Waals surface area contributed by atoms with E-state index in [1.165, 1.54) is 6.20 Å². The van der Waals surface area contributed by atoms with Crippen LogP contribution in [-0.4, -0.2) is 27.1 Å². The standard InChI is InChI=1S/C14H20ClN5/c1-13(2)6-9(7-14(3,4)20-13)18-11-10(16-5)8-17-12(15)19-11/h8-9,20H,6-7H2,1-4H3,(H,17,18,19). The number of aromatic nitrogens is 2. The molecule has 2 heterocycles. The first kappa shape index (κ1) is 15.0. The van der Waals surface area contributed by atoms with E-state index in [0.717, 1.165) is 12.8 Å². The van der Waals surface area contributed by atoms with E-state index < -0.39 is 0 Å². The zero-order chi connectivity index (χ0) is 15.0. The lowest BCUT2D eigenvalue weighted by Crippen LogP contribution is -2.60. The molecule has 1 aliphatic rings. The summed E-state index contributed by atoms with van der Waals surface area (Å²) in [6.07, 6.45) is 3.37. The van der Waals surface area contributed by atoms with E-state index in [1.54, 1.807) is 0 Å². The number of anilines is 1. The lowest BCUT2D eigenvalue weighted by molar-refractivity contribution is 0.170. The smallest absolute Gasteiger partial charge is 0.246 e. The highest BCUT2D eigenvalue weighted by molar-refractivity contribution is 6.28. The highest BCUT2D eigenvalue weighted by Crippen LogP contribution is 2.32. The molecule has 2 N–H and O–H groups in total. The average molecular weight is 294 g/mol. The van der Waals surface area contributed by atoms with E-state index in [1.807, 2.05) is 0 Å². The third kappa shape index (κ3) is 3.59. The fraction of sp³-hybridized carbons (Fsp3) is 0.643. The molecule has 0 spiro atoms. The Labute approximate surface area is 125 Å². The van der Waals surface area contributed by atoms with Crippen molar-refractivity contribution in [1.82, 2.24) is 15.3 Å². The molecule has 0 aliphatic carbocycles. The van der Waals surface area contributed by atoms with Crippen molar-refractivity contribution < 1.29 is 0 Å². The van der Waals surface area contributed by atoms with Gasteiger partial charge in [-0.25, -0.2) is 14.8 Å². The van der Waals surface area contributed by atoms with Crippen LogP contribution in [0.1, 0.15) is 40.5 Å². The summed E-state index contributed by atoms with van der Waals surface area (Å²) >= 11 is 5.83. The molecule has 0 radical (unpaired) electrons. The van der Waals surface area contributed by atoms with Crippen molar-refractivity contribution in [2.24, 2.45) is 0 Å². The van der Waals surface area contributed by atoms with Crippen molar-refractivity contribution in [3.05, 3.63) is 22.9 Å². The summed E-state index contributed by atoms with van der Waals surface area (Å²) in [5.74, 6) is 0.526. The fourth-order valence-electron chi connectivity index (χ4n) is 3.16. The summed E-state index contributed by atoms with van der Waals surface area (Å²) in [6, 6.07) is 0.243. The van der Waals surface area contributed by atoms with Crippen molar-refractivity contribution in [2.45, 2.75) is 57.7 Å². The van der Waals surface area contributed by atoms with Gasteiger partial charge in [-0.1, -0.05) is 0 Å². The van der Waals surface area contributed by atoms with Crippen LogP contribution in [0.15, 0.2) is 6.20 Å². The van der Waals surface area contributed by atoms with Gasteiger partial charge in [-0.3, -0.25) is 0 Å². The van der Waals surface area contributed by atoms with Crippen molar-refractivity contribution in [3.8, 4) is 0 Å². The van der Waals surface area contributed by atoms with Crippen LogP contribution in [0.5, 0.6) is 0 Å². The third-order valence-electron chi connectivity index (χ3n) is 3.39. The number of piperidine rings is 1. The highest BCUT2D eigenvalue weighted by atomic mass is 35.5. The first-order chi connectivity index (χ1) is 9.21. The second-order valence-corrected chi connectivity index (χ2v) is 6.97. The maximum Gasteiger partial charge on any atom is 0.246 e. The van der Waals surface area contributed by atoms with E-state index in [-0.39, 0.29) is 22.4 Å². The summed E-state index contributed by atoms with van der Waals surface area (Å²) in [5, 5.41) is 7.15. The molecule has 2 rings (SSSR count). The summed E-state index contributed by atoms with van der Waals surface area (Å²) in [6.45, 7) is 15.9. The van der Waals surface area contributed by atoms with Gasteiger partial charge in [-0.15, -0.1) is 0 Å². The van der Waals surface area contributed by atoms with Gasteiger partial charge in [0.25, 0.3) is 0 Å². The zero-order valence-corrected chi connectivity index (χ0v) is 13.0. The van der Waals surface area contributed by atoms with Gasteiger partial charge in [0.2, 0.25) is 11.0 Å². The quantitative estimate of drug-likeness (QED) is 0.648. The predicted octanol–water partition coefficient (Wildman–Crippen LogP) is 3.40. The fourth-order valence-corrected chi connectivity index (χ4v) is 3.29. The van der Waals surface area contributed by atoms with Gasteiger partial charge in [0, 0.05) is 23.3 Å². The SMILES string of the molecule is [C-]#[N+]c1cnc(Cl)nc1NC1CC(C)(C)NC(C)(C)C1. The minimum atomic E-state index is 0.0362. The number of rotatable bonds is 2. The molecule has 1 aliphatic heterocycles. The Morgan fingerprint density at radius 1 is 1.35 bits per heavy atom. The molecule has 6 heteroatoms. The maximum absolute atomic E-state index is 7.18. The predicted molar refractivity (Wildman–Crippen MR) is 81.2 cm³/mol. The molecule has 108 valence electrons. The van der Waals surface area contributed by atoms with Gasteiger partial charge < -0.3 is 10.6 Å². The van der Waals surface area contributed by atoms with Gasteiger partial charge in [0.05, 0.1) is 6.57 Å². The molecule has 0 atom stereocenters. The topological polar surface area (TPSA) is 54.2 Å². The number of halogens is 1. The van der Waals surface area contributed by atoms with E-state index in [4.69, 9.17) is 18.2 Å². The third-order valence-corrected chi connectivity index (χ3v) is 3.57. The van der Waals surface area contributed by atoms with Crippen LogP contribution in [0.25, 0.3) is 4.85 Å². The summed E-state index contributed by atoms with van der Waals surface area (Å²) in [5.41, 5.74) is 0.479. The average Bonchev–Trinajstić information content (AvgIpc) is 2.24. The van der Waals surface area contributed by atoms with Gasteiger partial charge in [-0.05, 0) is 52.1 Å². The number of nitrogens with zero attached hydrogens (tertiary/aromatic N) is 3. The molecular weight excluding hydrogens is 274 g/mol. The van der Waals surface area contributed by atoms with Crippen LogP contribution in [0.2, 0.25) is 5.28 Å². The monoisotopic (exact) mass is 293 g/mol. The molecule has 1 saturated heterocycles. The number of nitrogens with one attached hydrogen (secondary N) is 2. The van der Waals surface area contributed by atoms with Gasteiger partial charge in [0.15, 0.2) is 0 Å². The molecule has 0 unspecified atom stereocenters. The highest BCUT2D eigenvalue weighted by Gasteiger charge is 2.37. The Kier molecular flexibility index (Phi) is 3.90. The van der Waals surface area contributed by atoms with Crippen molar-refractivity contribution >= 4 is 23.1 Å². The molecule has 20 heavy (non-hydrogen) atoms. The Bertz CT molecular complexity index is 531. The maximum atomic E-state index is 7.18. The molecule has 5 nitrogen and oxygen atoms in total. The summed E-state index contributed by atoms with van der Waals surface area (Å²) < 4.78 is 0. The van der Waals surface area contributed by atoms with Crippen LogP contribution >= 0.6 is 11.6 Å². The molecule has 1 aromatic heterocycles. The van der Waals surface area contributed by atoms with Crippen LogP contribution in [0.4, 0.5) is 11.5 Å². The molecule has 1 fully saturated rings. The van der Waals surface area contributed by atoms with Gasteiger partial charge >= 0.3 is 0 Å². The lowest BCUT2D eigenvalue weighted by atomic mass is 9.79. The molecular formula is C14H20ClN5. The number of hydrogen-bond acceptors (Lipinski definition) is 4. The molecule has 0 aromatic carbocycles. The first-order valence-electron chi connectivity index (χ1n) is 6.67. The van der Waals surface area contributed by atoms with E-state index in [0.29, 0.717) is 11.5 Å². The Morgan fingerprint density at radius 2 is 1.95 bits per heavy atom.